The van der Waals surface area contributed by atoms with Gasteiger partial charge in [-0.15, -0.1) is 0 Å². The first-order chi connectivity index (χ1) is 17.1. The van der Waals surface area contributed by atoms with E-state index >= 15 is 0 Å². The topological polar surface area (TPSA) is 52.6 Å². The van der Waals surface area contributed by atoms with Gasteiger partial charge in [0.2, 0.25) is 0 Å². The van der Waals surface area contributed by atoms with E-state index in [1.807, 2.05) is 30.3 Å². The van der Waals surface area contributed by atoms with Gasteiger partial charge in [0, 0.05) is 0 Å². The average Bonchev–Trinajstić information content (AvgIpc) is 2.91. The molecule has 0 heterocycles. The summed E-state index contributed by atoms with van der Waals surface area (Å²) < 4.78 is 10.4. The monoisotopic (exact) mass is 518 g/mol. The van der Waals surface area contributed by atoms with E-state index in [4.69, 9.17) is 9.47 Å². The number of carbonyl (C=O) groups is 2. The normalized spacial score (nSPS) is 13.6. The molecule has 0 aliphatic heterocycles. The van der Waals surface area contributed by atoms with Crippen molar-refractivity contribution in [1.82, 2.24) is 0 Å². The smallest absolute Gasteiger partial charge is 0.320 e. The number of rotatable bonds is 10. The molecule has 36 heavy (non-hydrogen) atoms. The molecule has 0 amide bonds. The summed E-state index contributed by atoms with van der Waals surface area (Å²) in [5.41, 5.74) is 1.20. The van der Waals surface area contributed by atoms with E-state index in [1.54, 1.807) is 0 Å². The largest absolute Gasteiger partial charge is 0.468 e. The minimum absolute atomic E-state index is 0.179. The molecule has 0 fully saturated rings. The second-order valence-corrected chi connectivity index (χ2v) is 20.0. The van der Waals surface area contributed by atoms with E-state index in [0.717, 1.165) is 0 Å². The van der Waals surface area contributed by atoms with Crippen molar-refractivity contribution >= 4 is 38.5 Å². The number of benzene rings is 3. The highest BCUT2D eigenvalue weighted by molar-refractivity contribution is 6.92. The first-order valence-corrected chi connectivity index (χ1v) is 18.6. The molecule has 4 nitrogen and oxygen atoms in total. The maximum Gasteiger partial charge on any atom is 0.320 e. The van der Waals surface area contributed by atoms with Crippen molar-refractivity contribution in [2.24, 2.45) is 5.92 Å². The third-order valence-electron chi connectivity index (χ3n) is 7.84. The van der Waals surface area contributed by atoms with Crippen molar-refractivity contribution in [3.8, 4) is 0 Å². The molecule has 2 atom stereocenters. The molecular formula is C30H38O4Si2. The van der Waals surface area contributed by atoms with Crippen molar-refractivity contribution in [2.75, 3.05) is 14.2 Å². The highest BCUT2D eigenvalue weighted by Crippen LogP contribution is 2.43. The van der Waals surface area contributed by atoms with Crippen LogP contribution in [-0.4, -0.2) is 42.3 Å². The molecule has 0 saturated heterocycles. The molecule has 0 spiro atoms. The van der Waals surface area contributed by atoms with Crippen molar-refractivity contribution in [3.63, 3.8) is 0 Å². The van der Waals surface area contributed by atoms with Gasteiger partial charge >= 0.3 is 11.9 Å². The van der Waals surface area contributed by atoms with Crippen molar-refractivity contribution in [3.05, 3.63) is 96.6 Å². The molecule has 0 saturated carbocycles. The van der Waals surface area contributed by atoms with Gasteiger partial charge in [0.05, 0.1) is 30.4 Å². The van der Waals surface area contributed by atoms with Crippen molar-refractivity contribution in [2.45, 2.75) is 43.7 Å². The minimum atomic E-state index is -2.38. The third-order valence-corrected chi connectivity index (χ3v) is 16.2. The van der Waals surface area contributed by atoms with Gasteiger partial charge in [-0.05, 0) is 23.1 Å². The number of carbonyl (C=O) groups excluding carboxylic acids is 2. The molecule has 0 aliphatic rings. The number of hydrogen-bond donors (Lipinski definition) is 0. The highest BCUT2D eigenvalue weighted by Gasteiger charge is 2.49. The Morgan fingerprint density at radius 2 is 1.03 bits per heavy atom. The average molecular weight is 519 g/mol. The lowest BCUT2D eigenvalue weighted by atomic mass is 9.98. The zero-order valence-electron chi connectivity index (χ0n) is 22.2. The summed E-state index contributed by atoms with van der Waals surface area (Å²) in [6.45, 7) is 9.29. The molecule has 3 rings (SSSR count). The molecule has 6 heteroatoms. The summed E-state index contributed by atoms with van der Waals surface area (Å²) in [6.07, 6.45) is 0.696. The number of methoxy groups -OCH3 is 2. The fourth-order valence-corrected chi connectivity index (χ4v) is 12.4. The van der Waals surface area contributed by atoms with Gasteiger partial charge in [-0.3, -0.25) is 9.59 Å². The van der Waals surface area contributed by atoms with Gasteiger partial charge in [0.25, 0.3) is 0 Å². The van der Waals surface area contributed by atoms with E-state index in [0.29, 0.717) is 6.42 Å². The Balaban J connectivity index is 2.21. The molecular weight excluding hydrogens is 480 g/mol. The molecule has 0 aliphatic carbocycles. The lowest BCUT2D eigenvalue weighted by Gasteiger charge is -2.42. The summed E-state index contributed by atoms with van der Waals surface area (Å²) in [5, 5.41) is 2.56. The van der Waals surface area contributed by atoms with E-state index in [-0.39, 0.29) is 11.1 Å². The number of esters is 2. The SMILES string of the molecule is COC(=O)C(C(=O)OC)[C@H](C[C@H](c1ccccc1)[Si](C)(C)c1ccccc1)[Si](C)(C)c1ccccc1. The van der Waals surface area contributed by atoms with Gasteiger partial charge in [-0.25, -0.2) is 0 Å². The standard InChI is InChI=1S/C30H38O4Si2/c1-33-29(31)28(30(32)34-2)27(36(5,6)25-20-14-9-15-21-25)22-26(23-16-10-7-11-17-23)35(3,4)24-18-12-8-13-19-24/h7-21,26-28H,22H2,1-6H3/t26-,27+/m1/s1. The van der Waals surface area contributed by atoms with Crippen LogP contribution in [0.25, 0.3) is 0 Å². The molecule has 0 aromatic heterocycles. The summed E-state index contributed by atoms with van der Waals surface area (Å²) in [5.74, 6) is -2.02. The van der Waals surface area contributed by atoms with Crippen molar-refractivity contribution < 1.29 is 19.1 Å². The van der Waals surface area contributed by atoms with Gasteiger partial charge in [-0.1, -0.05) is 128 Å². The first kappa shape index (κ1) is 27.6. The van der Waals surface area contributed by atoms with Crippen LogP contribution in [0.3, 0.4) is 0 Å². The van der Waals surface area contributed by atoms with E-state index in [9.17, 15) is 9.59 Å². The molecule has 190 valence electrons. The molecule has 3 aromatic rings. The Kier molecular flexibility index (Phi) is 9.09. The molecule has 0 N–H and O–H groups in total. The van der Waals surface area contributed by atoms with Gasteiger partial charge < -0.3 is 9.47 Å². The lowest BCUT2D eigenvalue weighted by molar-refractivity contribution is -0.159. The van der Waals surface area contributed by atoms with Gasteiger partial charge in [-0.2, -0.15) is 0 Å². The molecule has 0 radical (unpaired) electrons. The summed E-state index contributed by atoms with van der Waals surface area (Å²) >= 11 is 0. The van der Waals surface area contributed by atoms with Crippen LogP contribution in [-0.2, 0) is 19.1 Å². The van der Waals surface area contributed by atoms with Crippen LogP contribution in [0, 0.1) is 5.92 Å². The van der Waals surface area contributed by atoms with Crippen LogP contribution in [0.15, 0.2) is 91.0 Å². The van der Waals surface area contributed by atoms with Crippen LogP contribution >= 0.6 is 0 Å². The van der Waals surface area contributed by atoms with Crippen LogP contribution in [0.2, 0.25) is 31.7 Å². The quantitative estimate of drug-likeness (QED) is 0.209. The van der Waals surface area contributed by atoms with Crippen LogP contribution in [0.5, 0.6) is 0 Å². The van der Waals surface area contributed by atoms with E-state index < -0.39 is 34.0 Å². The molecule has 3 aromatic carbocycles. The first-order valence-electron chi connectivity index (χ1n) is 12.5. The van der Waals surface area contributed by atoms with Gasteiger partial charge in [0.1, 0.15) is 0 Å². The lowest BCUT2D eigenvalue weighted by Crippen LogP contribution is -2.55. The van der Waals surface area contributed by atoms with E-state index in [1.165, 1.54) is 30.2 Å². The summed E-state index contributed by atoms with van der Waals surface area (Å²) in [6, 6.07) is 31.5. The fourth-order valence-electron chi connectivity index (χ4n) is 5.46. The third kappa shape index (κ3) is 5.87. The van der Waals surface area contributed by atoms with Crippen LogP contribution < -0.4 is 10.4 Å². The van der Waals surface area contributed by atoms with Crippen LogP contribution in [0.4, 0.5) is 0 Å². The second kappa shape index (κ2) is 11.8. The zero-order chi connectivity index (χ0) is 26.3. The predicted molar refractivity (Wildman–Crippen MR) is 152 cm³/mol. The maximum absolute atomic E-state index is 13.2. The number of hydrogen-bond acceptors (Lipinski definition) is 4. The molecule has 0 unspecified atom stereocenters. The summed E-state index contributed by atoms with van der Waals surface area (Å²) in [4.78, 5) is 26.4. The Hall–Kier alpha value is -2.97. The minimum Gasteiger partial charge on any atom is -0.468 e. The van der Waals surface area contributed by atoms with Gasteiger partial charge in [0.15, 0.2) is 5.92 Å². The fraction of sp³-hybridized carbons (Fsp3) is 0.333. The Morgan fingerprint density at radius 3 is 1.44 bits per heavy atom. The zero-order valence-corrected chi connectivity index (χ0v) is 24.2. The maximum atomic E-state index is 13.2. The number of ether oxygens (including phenoxy) is 2. The Morgan fingerprint density at radius 1 is 0.639 bits per heavy atom. The van der Waals surface area contributed by atoms with E-state index in [2.05, 4.69) is 86.9 Å². The van der Waals surface area contributed by atoms with Crippen molar-refractivity contribution in [1.29, 1.82) is 0 Å². The Labute approximate surface area is 217 Å². The highest BCUT2D eigenvalue weighted by atomic mass is 28.3. The Bertz CT molecular complexity index is 1120. The molecule has 0 bridgehead atoms. The summed E-state index contributed by atoms with van der Waals surface area (Å²) in [7, 11) is -1.79. The second-order valence-electron chi connectivity index (χ2n) is 10.5. The predicted octanol–water partition coefficient (Wildman–Crippen LogP) is 5.26. The van der Waals surface area contributed by atoms with Crippen LogP contribution in [0.1, 0.15) is 17.5 Å².